The SMILES string of the molecule is NC[C@]1(O)CC[C@@H](n2nc(-c3ccc(Oc4ccccc4)cc3)c3c(N)ncnc32)CC1. The Morgan fingerprint density at radius 3 is 2.38 bits per heavy atom. The zero-order chi connectivity index (χ0) is 22.1. The maximum atomic E-state index is 10.5. The number of rotatable bonds is 5. The lowest BCUT2D eigenvalue weighted by molar-refractivity contribution is -0.0000241. The van der Waals surface area contributed by atoms with Crippen LogP contribution in [0.4, 0.5) is 5.82 Å². The van der Waals surface area contributed by atoms with Crippen LogP contribution in [0.3, 0.4) is 0 Å². The third-order valence-electron chi connectivity index (χ3n) is 6.24. The van der Waals surface area contributed by atoms with Crippen molar-refractivity contribution >= 4 is 16.9 Å². The van der Waals surface area contributed by atoms with E-state index in [0.29, 0.717) is 24.3 Å². The summed E-state index contributed by atoms with van der Waals surface area (Å²) in [6.45, 7) is 0.275. The molecule has 0 atom stereocenters. The van der Waals surface area contributed by atoms with Crippen LogP contribution in [-0.4, -0.2) is 37.0 Å². The van der Waals surface area contributed by atoms with Gasteiger partial charge in [0.05, 0.1) is 17.0 Å². The van der Waals surface area contributed by atoms with Gasteiger partial charge in [-0.25, -0.2) is 14.6 Å². The molecule has 2 aromatic carbocycles. The molecule has 0 aliphatic heterocycles. The number of anilines is 1. The molecule has 5 N–H and O–H groups in total. The first-order chi connectivity index (χ1) is 15.6. The lowest BCUT2D eigenvalue weighted by Crippen LogP contribution is -2.41. The third-order valence-corrected chi connectivity index (χ3v) is 6.24. The first-order valence-corrected chi connectivity index (χ1v) is 10.8. The molecular weight excluding hydrogens is 404 g/mol. The maximum absolute atomic E-state index is 10.5. The van der Waals surface area contributed by atoms with Gasteiger partial charge in [0.1, 0.15) is 29.3 Å². The highest BCUT2D eigenvalue weighted by atomic mass is 16.5. The predicted molar refractivity (Wildman–Crippen MR) is 123 cm³/mol. The molecule has 32 heavy (non-hydrogen) atoms. The molecule has 0 radical (unpaired) electrons. The molecule has 1 aliphatic carbocycles. The van der Waals surface area contributed by atoms with Crippen LogP contribution in [0.1, 0.15) is 31.7 Å². The van der Waals surface area contributed by atoms with Crippen molar-refractivity contribution < 1.29 is 9.84 Å². The van der Waals surface area contributed by atoms with Crippen LogP contribution in [0.2, 0.25) is 0 Å². The molecule has 0 amide bonds. The second kappa shape index (κ2) is 8.22. The van der Waals surface area contributed by atoms with E-state index in [4.69, 9.17) is 21.3 Å². The summed E-state index contributed by atoms with van der Waals surface area (Å²) in [5.74, 6) is 1.92. The van der Waals surface area contributed by atoms with Crippen LogP contribution in [-0.2, 0) is 0 Å². The lowest BCUT2D eigenvalue weighted by Gasteiger charge is -2.35. The van der Waals surface area contributed by atoms with Crippen molar-refractivity contribution in [3.63, 3.8) is 0 Å². The normalized spacial score (nSPS) is 21.0. The van der Waals surface area contributed by atoms with E-state index in [0.717, 1.165) is 41.0 Å². The summed E-state index contributed by atoms with van der Waals surface area (Å²) in [6, 6.07) is 17.5. The van der Waals surface area contributed by atoms with Gasteiger partial charge in [0.15, 0.2) is 5.65 Å². The number of aromatic nitrogens is 4. The molecule has 5 rings (SSSR count). The number of ether oxygens (including phenoxy) is 1. The standard InChI is InChI=1S/C24H26N6O2/c25-14-24(31)12-10-17(11-13-24)30-23-20(22(26)27-15-28-23)21(29-30)16-6-8-19(9-7-16)32-18-4-2-1-3-5-18/h1-9,15,17,31H,10-14,25H2,(H2,26,27,28)/t17-,24+. The van der Waals surface area contributed by atoms with E-state index in [-0.39, 0.29) is 12.6 Å². The second-order valence-corrected chi connectivity index (χ2v) is 8.35. The first-order valence-electron chi connectivity index (χ1n) is 10.8. The molecule has 2 aromatic heterocycles. The average molecular weight is 431 g/mol. The van der Waals surface area contributed by atoms with Crippen molar-refractivity contribution in [2.24, 2.45) is 5.73 Å². The van der Waals surface area contributed by atoms with Crippen molar-refractivity contribution in [1.29, 1.82) is 0 Å². The highest BCUT2D eigenvalue weighted by Crippen LogP contribution is 2.38. The Hall–Kier alpha value is -3.49. The molecule has 0 spiro atoms. The molecule has 4 aromatic rings. The minimum Gasteiger partial charge on any atom is -0.457 e. The molecule has 8 nitrogen and oxygen atoms in total. The second-order valence-electron chi connectivity index (χ2n) is 8.35. The van der Waals surface area contributed by atoms with Gasteiger partial charge in [0, 0.05) is 12.1 Å². The van der Waals surface area contributed by atoms with Gasteiger partial charge in [-0.1, -0.05) is 18.2 Å². The van der Waals surface area contributed by atoms with Gasteiger partial charge in [-0.3, -0.25) is 0 Å². The molecule has 164 valence electrons. The minimum atomic E-state index is -0.787. The van der Waals surface area contributed by atoms with Gasteiger partial charge >= 0.3 is 0 Å². The molecule has 1 aliphatic rings. The summed E-state index contributed by atoms with van der Waals surface area (Å²) in [4.78, 5) is 8.68. The van der Waals surface area contributed by atoms with Gasteiger partial charge in [-0.15, -0.1) is 0 Å². The lowest BCUT2D eigenvalue weighted by atomic mass is 9.82. The van der Waals surface area contributed by atoms with Gasteiger partial charge in [-0.2, -0.15) is 5.10 Å². The number of hydrogen-bond acceptors (Lipinski definition) is 7. The molecule has 0 bridgehead atoms. The van der Waals surface area contributed by atoms with E-state index in [9.17, 15) is 5.11 Å². The number of hydrogen-bond donors (Lipinski definition) is 3. The number of aliphatic hydroxyl groups is 1. The molecule has 0 saturated heterocycles. The van der Waals surface area contributed by atoms with Gasteiger partial charge in [-0.05, 0) is 62.1 Å². The highest BCUT2D eigenvalue weighted by molar-refractivity contribution is 5.98. The number of para-hydroxylation sites is 1. The summed E-state index contributed by atoms with van der Waals surface area (Å²) in [6.07, 6.45) is 4.29. The fourth-order valence-electron chi connectivity index (χ4n) is 4.35. The Morgan fingerprint density at radius 2 is 1.69 bits per heavy atom. The van der Waals surface area contributed by atoms with Gasteiger partial charge < -0.3 is 21.3 Å². The monoisotopic (exact) mass is 430 g/mol. The smallest absolute Gasteiger partial charge is 0.164 e. The topological polar surface area (TPSA) is 125 Å². The molecule has 0 unspecified atom stereocenters. The highest BCUT2D eigenvalue weighted by Gasteiger charge is 2.34. The molecule has 1 saturated carbocycles. The Morgan fingerprint density at radius 1 is 1.00 bits per heavy atom. The zero-order valence-corrected chi connectivity index (χ0v) is 17.7. The zero-order valence-electron chi connectivity index (χ0n) is 17.7. The Kier molecular flexibility index (Phi) is 5.24. The van der Waals surface area contributed by atoms with E-state index in [1.54, 1.807) is 0 Å². The largest absolute Gasteiger partial charge is 0.457 e. The molecule has 2 heterocycles. The molecule has 8 heteroatoms. The fraction of sp³-hybridized carbons (Fsp3) is 0.292. The predicted octanol–water partition coefficient (Wildman–Crippen LogP) is 3.67. The number of fused-ring (bicyclic) bond motifs is 1. The van der Waals surface area contributed by atoms with Crippen LogP contribution >= 0.6 is 0 Å². The Bertz CT molecular complexity index is 1210. The summed E-state index contributed by atoms with van der Waals surface area (Å²) in [5, 5.41) is 16.2. The van der Waals surface area contributed by atoms with E-state index in [1.165, 1.54) is 6.33 Å². The van der Waals surface area contributed by atoms with Crippen LogP contribution in [0, 0.1) is 0 Å². The number of benzene rings is 2. The number of nitrogen functional groups attached to an aromatic ring is 1. The summed E-state index contributed by atoms with van der Waals surface area (Å²) >= 11 is 0. The summed E-state index contributed by atoms with van der Waals surface area (Å²) in [7, 11) is 0. The minimum absolute atomic E-state index is 0.119. The van der Waals surface area contributed by atoms with Crippen LogP contribution in [0.5, 0.6) is 11.5 Å². The first kappa shape index (κ1) is 20.4. The average Bonchev–Trinajstić information content (AvgIpc) is 3.22. The fourth-order valence-corrected chi connectivity index (χ4v) is 4.35. The van der Waals surface area contributed by atoms with Gasteiger partial charge in [0.2, 0.25) is 0 Å². The third kappa shape index (κ3) is 3.79. The number of nitrogens with zero attached hydrogens (tertiary/aromatic N) is 4. The molecule has 1 fully saturated rings. The number of nitrogens with two attached hydrogens (primary N) is 2. The van der Waals surface area contributed by atoms with E-state index >= 15 is 0 Å². The maximum Gasteiger partial charge on any atom is 0.164 e. The Balaban J connectivity index is 1.48. The van der Waals surface area contributed by atoms with Gasteiger partial charge in [0.25, 0.3) is 0 Å². The van der Waals surface area contributed by atoms with Crippen LogP contribution in [0.15, 0.2) is 60.9 Å². The van der Waals surface area contributed by atoms with Crippen LogP contribution in [0.25, 0.3) is 22.3 Å². The quantitative estimate of drug-likeness (QED) is 0.441. The van der Waals surface area contributed by atoms with Crippen molar-refractivity contribution in [2.75, 3.05) is 12.3 Å². The van der Waals surface area contributed by atoms with Crippen LogP contribution < -0.4 is 16.2 Å². The summed E-state index contributed by atoms with van der Waals surface area (Å²) in [5.41, 5.74) is 13.6. The Labute approximate surface area is 185 Å². The molecular formula is C24H26N6O2. The van der Waals surface area contributed by atoms with Crippen molar-refractivity contribution in [3.8, 4) is 22.8 Å². The van der Waals surface area contributed by atoms with E-state index < -0.39 is 5.60 Å². The van der Waals surface area contributed by atoms with Crippen molar-refractivity contribution in [1.82, 2.24) is 19.7 Å². The van der Waals surface area contributed by atoms with E-state index in [2.05, 4.69) is 9.97 Å². The van der Waals surface area contributed by atoms with Crippen molar-refractivity contribution in [2.45, 2.75) is 37.3 Å². The van der Waals surface area contributed by atoms with E-state index in [1.807, 2.05) is 59.3 Å². The van der Waals surface area contributed by atoms with Crippen molar-refractivity contribution in [3.05, 3.63) is 60.9 Å². The summed E-state index contributed by atoms with van der Waals surface area (Å²) < 4.78 is 7.84.